The van der Waals surface area contributed by atoms with Crippen LogP contribution in [0.15, 0.2) is 40.9 Å². The van der Waals surface area contributed by atoms with Gasteiger partial charge in [0.25, 0.3) is 0 Å². The predicted molar refractivity (Wildman–Crippen MR) is 85.8 cm³/mol. The quantitative estimate of drug-likeness (QED) is 0.789. The fourth-order valence-corrected chi connectivity index (χ4v) is 2.84. The normalized spacial score (nSPS) is 12.4. The van der Waals surface area contributed by atoms with Crippen molar-refractivity contribution in [2.45, 2.75) is 19.9 Å². The molecule has 0 bridgehead atoms. The molecule has 0 aliphatic rings. The van der Waals surface area contributed by atoms with Gasteiger partial charge in [-0.05, 0) is 46.6 Å². The lowest BCUT2D eigenvalue weighted by Gasteiger charge is -2.22. The number of aryl methyl sites for hydroxylation is 1. The van der Waals surface area contributed by atoms with Crippen molar-refractivity contribution in [2.75, 3.05) is 6.54 Å². The highest BCUT2D eigenvalue weighted by Crippen LogP contribution is 2.33. The summed E-state index contributed by atoms with van der Waals surface area (Å²) < 4.78 is 14.8. The van der Waals surface area contributed by atoms with Crippen molar-refractivity contribution in [2.24, 2.45) is 0 Å². The second kappa shape index (κ2) is 6.70. The zero-order chi connectivity index (χ0) is 14.7. The molecule has 0 amide bonds. The van der Waals surface area contributed by atoms with Crippen LogP contribution in [0.1, 0.15) is 29.7 Å². The van der Waals surface area contributed by atoms with Crippen molar-refractivity contribution < 1.29 is 4.39 Å². The maximum absolute atomic E-state index is 14.4. The molecule has 1 N–H and O–H groups in total. The summed E-state index contributed by atoms with van der Waals surface area (Å²) in [6, 6.07) is 10.9. The van der Waals surface area contributed by atoms with Crippen molar-refractivity contribution in [1.29, 1.82) is 0 Å². The Bertz CT molecular complexity index is 564. The number of hydrogen-bond acceptors (Lipinski definition) is 1. The Morgan fingerprint density at radius 1 is 1.20 bits per heavy atom. The molecule has 2 aromatic rings. The van der Waals surface area contributed by atoms with Crippen molar-refractivity contribution in [3.05, 3.63) is 68.4 Å². The van der Waals surface area contributed by atoms with E-state index in [0.717, 1.165) is 17.7 Å². The summed E-state index contributed by atoms with van der Waals surface area (Å²) in [5.41, 5.74) is 2.47. The molecule has 0 saturated heterocycles. The summed E-state index contributed by atoms with van der Waals surface area (Å²) in [6.45, 7) is 4.67. The van der Waals surface area contributed by atoms with Gasteiger partial charge in [-0.25, -0.2) is 4.39 Å². The summed E-state index contributed by atoms with van der Waals surface area (Å²) in [6.07, 6.45) is 0. The predicted octanol–water partition coefficient (Wildman–Crippen LogP) is 5.25. The second-order valence-corrected chi connectivity index (χ2v) is 5.84. The zero-order valence-electron chi connectivity index (χ0n) is 11.4. The van der Waals surface area contributed by atoms with E-state index in [1.54, 1.807) is 12.1 Å². The first kappa shape index (κ1) is 15.5. The number of hydrogen-bond donors (Lipinski definition) is 1. The van der Waals surface area contributed by atoms with Crippen molar-refractivity contribution in [1.82, 2.24) is 5.32 Å². The Balaban J connectivity index is 2.56. The number of nitrogens with one attached hydrogen (secondary N) is 1. The van der Waals surface area contributed by atoms with E-state index in [1.807, 2.05) is 38.1 Å². The van der Waals surface area contributed by atoms with E-state index in [1.165, 1.54) is 0 Å². The SMILES string of the molecule is CCNC(c1cccc(Br)c1F)c1cccc(C)c1Cl. The van der Waals surface area contributed by atoms with Gasteiger partial charge in [-0.1, -0.05) is 48.9 Å². The molecule has 1 nitrogen and oxygen atoms in total. The fourth-order valence-electron chi connectivity index (χ4n) is 2.23. The lowest BCUT2D eigenvalue weighted by molar-refractivity contribution is 0.555. The number of halogens is 3. The van der Waals surface area contributed by atoms with E-state index in [-0.39, 0.29) is 11.9 Å². The molecule has 2 rings (SSSR count). The van der Waals surface area contributed by atoms with Gasteiger partial charge in [0, 0.05) is 10.6 Å². The Morgan fingerprint density at radius 2 is 1.85 bits per heavy atom. The topological polar surface area (TPSA) is 12.0 Å². The monoisotopic (exact) mass is 355 g/mol. The van der Waals surface area contributed by atoms with Crippen LogP contribution in [0.5, 0.6) is 0 Å². The summed E-state index contributed by atoms with van der Waals surface area (Å²) in [5, 5.41) is 3.98. The maximum atomic E-state index is 14.4. The molecule has 2 aromatic carbocycles. The minimum atomic E-state index is -0.259. The minimum absolute atomic E-state index is 0.254. The number of benzene rings is 2. The van der Waals surface area contributed by atoms with Gasteiger partial charge in [0.2, 0.25) is 0 Å². The molecule has 20 heavy (non-hydrogen) atoms. The van der Waals surface area contributed by atoms with Crippen LogP contribution in [0, 0.1) is 12.7 Å². The summed E-state index contributed by atoms with van der Waals surface area (Å²) in [4.78, 5) is 0. The van der Waals surface area contributed by atoms with Crippen LogP contribution >= 0.6 is 27.5 Å². The number of rotatable bonds is 4. The van der Waals surface area contributed by atoms with Gasteiger partial charge in [0.1, 0.15) is 5.82 Å². The Morgan fingerprint density at radius 3 is 2.55 bits per heavy atom. The first-order valence-corrected chi connectivity index (χ1v) is 7.65. The van der Waals surface area contributed by atoms with Crippen LogP contribution in [-0.4, -0.2) is 6.54 Å². The van der Waals surface area contributed by atoms with Crippen molar-refractivity contribution >= 4 is 27.5 Å². The van der Waals surface area contributed by atoms with Gasteiger partial charge in [0.15, 0.2) is 0 Å². The average molecular weight is 357 g/mol. The van der Waals surface area contributed by atoms with E-state index >= 15 is 0 Å². The van der Waals surface area contributed by atoms with Gasteiger partial charge in [-0.2, -0.15) is 0 Å². The van der Waals surface area contributed by atoms with E-state index in [9.17, 15) is 4.39 Å². The third-order valence-corrected chi connectivity index (χ3v) is 4.36. The Kier molecular flexibility index (Phi) is 5.19. The van der Waals surface area contributed by atoms with Crippen LogP contribution in [0.4, 0.5) is 4.39 Å². The van der Waals surface area contributed by atoms with Crippen LogP contribution < -0.4 is 5.32 Å². The fraction of sp³-hybridized carbons (Fsp3) is 0.250. The highest BCUT2D eigenvalue weighted by Gasteiger charge is 2.21. The molecule has 0 aliphatic carbocycles. The van der Waals surface area contributed by atoms with Crippen LogP contribution in [0.2, 0.25) is 5.02 Å². The standard InChI is InChI=1S/C16H16BrClFN/c1-3-20-16(11-7-4-6-10(2)14(11)18)12-8-5-9-13(17)15(12)19/h4-9,16,20H,3H2,1-2H3. The lowest BCUT2D eigenvalue weighted by Crippen LogP contribution is -2.23. The van der Waals surface area contributed by atoms with Crippen LogP contribution in [-0.2, 0) is 0 Å². The van der Waals surface area contributed by atoms with Gasteiger partial charge in [0.05, 0.1) is 10.5 Å². The molecule has 0 aromatic heterocycles. The molecule has 1 atom stereocenters. The molecular formula is C16H16BrClFN. The van der Waals surface area contributed by atoms with Crippen molar-refractivity contribution in [3.63, 3.8) is 0 Å². The van der Waals surface area contributed by atoms with Crippen LogP contribution in [0.25, 0.3) is 0 Å². The van der Waals surface area contributed by atoms with Crippen molar-refractivity contribution in [3.8, 4) is 0 Å². The van der Waals surface area contributed by atoms with Gasteiger partial charge >= 0.3 is 0 Å². The minimum Gasteiger partial charge on any atom is -0.306 e. The smallest absolute Gasteiger partial charge is 0.142 e. The first-order chi connectivity index (χ1) is 9.56. The molecular weight excluding hydrogens is 341 g/mol. The summed E-state index contributed by atoms with van der Waals surface area (Å²) in [7, 11) is 0. The van der Waals surface area contributed by atoms with Gasteiger partial charge in [-0.3, -0.25) is 0 Å². The largest absolute Gasteiger partial charge is 0.306 e. The zero-order valence-corrected chi connectivity index (χ0v) is 13.7. The third kappa shape index (κ3) is 3.05. The molecule has 0 heterocycles. The maximum Gasteiger partial charge on any atom is 0.142 e. The highest BCUT2D eigenvalue weighted by atomic mass is 79.9. The van der Waals surface area contributed by atoms with Gasteiger partial charge in [-0.15, -0.1) is 0 Å². The summed E-state index contributed by atoms with van der Waals surface area (Å²) in [5.74, 6) is -0.254. The molecule has 4 heteroatoms. The molecule has 0 spiro atoms. The third-order valence-electron chi connectivity index (χ3n) is 3.23. The van der Waals surface area contributed by atoms with E-state index in [4.69, 9.17) is 11.6 Å². The highest BCUT2D eigenvalue weighted by molar-refractivity contribution is 9.10. The van der Waals surface area contributed by atoms with Gasteiger partial charge < -0.3 is 5.32 Å². The van der Waals surface area contributed by atoms with Crippen LogP contribution in [0.3, 0.4) is 0 Å². The second-order valence-electron chi connectivity index (χ2n) is 4.61. The molecule has 0 aliphatic heterocycles. The van der Waals surface area contributed by atoms with E-state index in [2.05, 4.69) is 21.2 Å². The Labute approximate surface area is 132 Å². The molecule has 1 unspecified atom stereocenters. The average Bonchev–Trinajstić information content (AvgIpc) is 2.43. The lowest BCUT2D eigenvalue weighted by atomic mass is 9.96. The van der Waals surface area contributed by atoms with E-state index in [0.29, 0.717) is 15.1 Å². The molecule has 106 valence electrons. The Hall–Kier alpha value is -0.900. The molecule has 0 saturated carbocycles. The van der Waals surface area contributed by atoms with E-state index < -0.39 is 0 Å². The summed E-state index contributed by atoms with van der Waals surface area (Å²) >= 11 is 9.63. The molecule has 0 radical (unpaired) electrons. The first-order valence-electron chi connectivity index (χ1n) is 6.48. The molecule has 0 fully saturated rings.